The molecule has 1 amide bonds. The summed E-state index contributed by atoms with van der Waals surface area (Å²) >= 11 is 0. The van der Waals surface area contributed by atoms with E-state index in [0.717, 1.165) is 12.8 Å². The van der Waals surface area contributed by atoms with Gasteiger partial charge in [0.2, 0.25) is 5.91 Å². The molecular formula is C19H30N2O4. The molecule has 2 atom stereocenters. The van der Waals surface area contributed by atoms with Gasteiger partial charge in [-0.1, -0.05) is 41.0 Å². The molecule has 1 rings (SSSR count). The molecule has 0 radical (unpaired) electrons. The number of ether oxygens (including phenoxy) is 2. The molecule has 6 heteroatoms. The number of aromatic nitrogens is 1. The van der Waals surface area contributed by atoms with Gasteiger partial charge in [0, 0.05) is 5.41 Å². The highest BCUT2D eigenvalue weighted by Crippen LogP contribution is 2.20. The van der Waals surface area contributed by atoms with Gasteiger partial charge in [0.05, 0.1) is 25.6 Å². The van der Waals surface area contributed by atoms with Gasteiger partial charge in [-0.2, -0.15) is 0 Å². The van der Waals surface area contributed by atoms with Crippen LogP contribution in [0, 0.1) is 11.3 Å². The van der Waals surface area contributed by atoms with Gasteiger partial charge < -0.3 is 14.8 Å². The number of pyridine rings is 1. The summed E-state index contributed by atoms with van der Waals surface area (Å²) in [5.41, 5.74) is -0.205. The fourth-order valence-electron chi connectivity index (χ4n) is 2.18. The quantitative estimate of drug-likeness (QED) is 0.728. The first-order valence-electron chi connectivity index (χ1n) is 8.66. The van der Waals surface area contributed by atoms with Crippen molar-refractivity contribution in [1.82, 2.24) is 10.3 Å². The third-order valence-electron chi connectivity index (χ3n) is 3.76. The average Bonchev–Trinajstić information content (AvgIpc) is 2.57. The second kappa shape index (κ2) is 9.39. The lowest BCUT2D eigenvalue weighted by Crippen LogP contribution is -2.41. The van der Waals surface area contributed by atoms with E-state index in [2.05, 4.69) is 24.1 Å². The molecule has 0 aromatic carbocycles. The normalized spacial score (nSPS) is 13.7. The highest BCUT2D eigenvalue weighted by molar-refractivity contribution is 5.87. The van der Waals surface area contributed by atoms with E-state index in [0.29, 0.717) is 24.0 Å². The highest BCUT2D eigenvalue weighted by Gasteiger charge is 2.30. The minimum Gasteiger partial charge on any atom is -0.492 e. The van der Waals surface area contributed by atoms with Crippen molar-refractivity contribution >= 4 is 11.9 Å². The third-order valence-corrected chi connectivity index (χ3v) is 3.76. The Bertz CT molecular complexity index is 564. The van der Waals surface area contributed by atoms with E-state index in [1.54, 1.807) is 39.1 Å². The lowest BCUT2D eigenvalue weighted by molar-refractivity contribution is -0.146. The molecule has 1 aromatic heterocycles. The van der Waals surface area contributed by atoms with E-state index >= 15 is 0 Å². The topological polar surface area (TPSA) is 77.5 Å². The molecule has 140 valence electrons. The molecule has 0 saturated carbocycles. The predicted molar refractivity (Wildman–Crippen MR) is 96.2 cm³/mol. The van der Waals surface area contributed by atoms with Crippen LogP contribution < -0.4 is 10.1 Å². The van der Waals surface area contributed by atoms with Crippen LogP contribution in [0.3, 0.4) is 0 Å². The van der Waals surface area contributed by atoms with Crippen molar-refractivity contribution in [2.24, 2.45) is 11.3 Å². The van der Waals surface area contributed by atoms with Crippen molar-refractivity contribution in [3.05, 3.63) is 24.0 Å². The van der Waals surface area contributed by atoms with Crippen molar-refractivity contribution in [1.29, 1.82) is 0 Å². The average molecular weight is 350 g/mol. The summed E-state index contributed by atoms with van der Waals surface area (Å²) in [7, 11) is 1.28. The van der Waals surface area contributed by atoms with E-state index < -0.39 is 17.4 Å². The second-order valence-electron chi connectivity index (χ2n) is 7.30. The minimum absolute atomic E-state index is 0.251. The summed E-state index contributed by atoms with van der Waals surface area (Å²) in [4.78, 5) is 28.5. The smallest absolute Gasteiger partial charge is 0.334 e. The number of hydrogen-bond acceptors (Lipinski definition) is 5. The van der Waals surface area contributed by atoms with Gasteiger partial charge in [-0.25, -0.2) is 4.79 Å². The number of nitrogens with zero attached hydrogens (tertiary/aromatic N) is 1. The summed E-state index contributed by atoms with van der Waals surface area (Å²) in [6.07, 6.45) is 3.79. The molecule has 1 aromatic rings. The number of carbonyl (C=O) groups excluding carboxylic acids is 2. The van der Waals surface area contributed by atoms with Crippen molar-refractivity contribution in [3.8, 4) is 5.75 Å². The fourth-order valence-corrected chi connectivity index (χ4v) is 2.18. The maximum absolute atomic E-state index is 12.2. The Kier molecular flexibility index (Phi) is 7.87. The Labute approximate surface area is 150 Å². The maximum Gasteiger partial charge on any atom is 0.334 e. The van der Waals surface area contributed by atoms with Crippen LogP contribution in [0.2, 0.25) is 0 Å². The predicted octanol–water partition coefficient (Wildman–Crippen LogP) is 3.27. The number of esters is 1. The minimum atomic E-state index is -0.940. The Morgan fingerprint density at radius 1 is 1.28 bits per heavy atom. The number of rotatable bonds is 8. The van der Waals surface area contributed by atoms with Crippen molar-refractivity contribution in [3.63, 3.8) is 0 Å². The standard InChI is InChI=1S/C19H30N2O4/c1-7-8-13(2)12-25-14-9-10-15(20-11-14)16(17(22)24-6)21-18(23)19(3,4)5/h9-11,13,16H,7-8,12H2,1-6H3,(H,21,23). The molecule has 0 aliphatic carbocycles. The van der Waals surface area contributed by atoms with Crippen LogP contribution in [-0.2, 0) is 14.3 Å². The molecule has 2 unspecified atom stereocenters. The van der Waals surface area contributed by atoms with Crippen molar-refractivity contribution < 1.29 is 19.1 Å². The summed E-state index contributed by atoms with van der Waals surface area (Å²) < 4.78 is 10.5. The van der Waals surface area contributed by atoms with Gasteiger partial charge in [0.1, 0.15) is 5.75 Å². The summed E-state index contributed by atoms with van der Waals surface area (Å²) in [5.74, 6) is 0.296. The van der Waals surface area contributed by atoms with Crippen LogP contribution in [0.4, 0.5) is 0 Å². The molecule has 1 N–H and O–H groups in total. The molecule has 0 saturated heterocycles. The van der Waals surface area contributed by atoms with Crippen molar-refractivity contribution in [2.45, 2.75) is 53.5 Å². The highest BCUT2D eigenvalue weighted by atomic mass is 16.5. The molecule has 0 bridgehead atoms. The zero-order chi connectivity index (χ0) is 19.0. The first kappa shape index (κ1) is 20.9. The monoisotopic (exact) mass is 350 g/mol. The molecule has 0 aliphatic rings. The number of methoxy groups -OCH3 is 1. The zero-order valence-corrected chi connectivity index (χ0v) is 16.1. The van der Waals surface area contributed by atoms with Crippen LogP contribution in [0.15, 0.2) is 18.3 Å². The molecule has 0 fully saturated rings. The van der Waals surface area contributed by atoms with E-state index in [4.69, 9.17) is 9.47 Å². The SMILES string of the molecule is CCCC(C)COc1ccc(C(NC(=O)C(C)(C)C)C(=O)OC)nc1. The third kappa shape index (κ3) is 6.72. The summed E-state index contributed by atoms with van der Waals surface area (Å²) in [6.45, 7) is 10.2. The number of nitrogens with one attached hydrogen (secondary N) is 1. The van der Waals surface area contributed by atoms with Crippen LogP contribution in [-0.4, -0.2) is 30.6 Å². The van der Waals surface area contributed by atoms with Crippen molar-refractivity contribution in [2.75, 3.05) is 13.7 Å². The Hall–Kier alpha value is -2.11. The van der Waals surface area contributed by atoms with Gasteiger partial charge in [-0.05, 0) is 24.5 Å². The Morgan fingerprint density at radius 2 is 1.96 bits per heavy atom. The van der Waals surface area contributed by atoms with Gasteiger partial charge in [0.25, 0.3) is 0 Å². The molecule has 0 spiro atoms. The number of amides is 1. The first-order chi connectivity index (χ1) is 11.7. The van der Waals surface area contributed by atoms with Crippen LogP contribution >= 0.6 is 0 Å². The summed E-state index contributed by atoms with van der Waals surface area (Å²) in [6, 6.07) is 2.48. The van der Waals surface area contributed by atoms with Crippen LogP contribution in [0.1, 0.15) is 59.2 Å². The second-order valence-corrected chi connectivity index (χ2v) is 7.30. The lowest BCUT2D eigenvalue weighted by atomic mass is 9.95. The Morgan fingerprint density at radius 3 is 2.44 bits per heavy atom. The Balaban J connectivity index is 2.83. The zero-order valence-electron chi connectivity index (χ0n) is 16.1. The van der Waals surface area contributed by atoms with E-state index in [1.807, 2.05) is 0 Å². The lowest BCUT2D eigenvalue weighted by Gasteiger charge is -2.22. The van der Waals surface area contributed by atoms with E-state index in [1.165, 1.54) is 7.11 Å². The van der Waals surface area contributed by atoms with Gasteiger partial charge >= 0.3 is 5.97 Å². The molecule has 25 heavy (non-hydrogen) atoms. The van der Waals surface area contributed by atoms with E-state index in [-0.39, 0.29) is 5.91 Å². The largest absolute Gasteiger partial charge is 0.492 e. The van der Waals surface area contributed by atoms with Crippen LogP contribution in [0.25, 0.3) is 0 Å². The molecule has 1 heterocycles. The molecule has 0 aliphatic heterocycles. The number of hydrogen-bond donors (Lipinski definition) is 1. The molecular weight excluding hydrogens is 320 g/mol. The van der Waals surface area contributed by atoms with Gasteiger partial charge in [-0.3, -0.25) is 9.78 Å². The van der Waals surface area contributed by atoms with Gasteiger partial charge in [-0.15, -0.1) is 0 Å². The molecule has 6 nitrogen and oxygen atoms in total. The van der Waals surface area contributed by atoms with Crippen LogP contribution in [0.5, 0.6) is 5.75 Å². The van der Waals surface area contributed by atoms with Gasteiger partial charge in [0.15, 0.2) is 6.04 Å². The maximum atomic E-state index is 12.2. The summed E-state index contributed by atoms with van der Waals surface area (Å²) in [5, 5.41) is 2.69. The number of carbonyl (C=O) groups is 2. The van der Waals surface area contributed by atoms with E-state index in [9.17, 15) is 9.59 Å². The first-order valence-corrected chi connectivity index (χ1v) is 8.66. The fraction of sp³-hybridized carbons (Fsp3) is 0.632.